The van der Waals surface area contributed by atoms with E-state index in [0.29, 0.717) is 0 Å². The number of nitrogens with zero attached hydrogens (tertiary/aromatic N) is 1. The molecule has 2 rings (SSSR count). The lowest BCUT2D eigenvalue weighted by Crippen LogP contribution is -2.37. The fraction of sp³-hybridized carbons (Fsp3) is 0.500. The number of hydrogen-bond acceptors (Lipinski definition) is 3. The predicted octanol–water partition coefficient (Wildman–Crippen LogP) is 1.95. The van der Waals surface area contributed by atoms with Crippen LogP contribution in [0.4, 0.5) is 0 Å². The van der Waals surface area contributed by atoms with Gasteiger partial charge < -0.3 is 9.84 Å². The van der Waals surface area contributed by atoms with Gasteiger partial charge in [-0.2, -0.15) is 0 Å². The molecule has 0 bridgehead atoms. The van der Waals surface area contributed by atoms with Crippen LogP contribution in [0.1, 0.15) is 11.1 Å². The summed E-state index contributed by atoms with van der Waals surface area (Å²) in [6.45, 7) is 4.64. The molecule has 4 nitrogen and oxygen atoms in total. The van der Waals surface area contributed by atoms with E-state index in [1.807, 2.05) is 18.2 Å². The molecule has 104 valence electrons. The van der Waals surface area contributed by atoms with Crippen LogP contribution in [0.25, 0.3) is 0 Å². The van der Waals surface area contributed by atoms with E-state index in [4.69, 9.17) is 9.84 Å². The van der Waals surface area contributed by atoms with E-state index < -0.39 is 5.97 Å². The molecular weight excluding hydrogens is 310 g/mol. The van der Waals surface area contributed by atoms with Crippen molar-refractivity contribution < 1.29 is 14.6 Å². The van der Waals surface area contributed by atoms with Crippen molar-refractivity contribution in [2.75, 3.05) is 32.8 Å². The van der Waals surface area contributed by atoms with Gasteiger partial charge in [0.2, 0.25) is 0 Å². The molecule has 0 unspecified atom stereocenters. The Morgan fingerprint density at radius 1 is 1.37 bits per heavy atom. The largest absolute Gasteiger partial charge is 0.481 e. The SMILES string of the molecule is O=C(O)Cc1ccc(CCN2CCOCC2)c(Br)c1. The Morgan fingerprint density at radius 2 is 2.11 bits per heavy atom. The fourth-order valence-corrected chi connectivity index (χ4v) is 2.81. The van der Waals surface area contributed by atoms with Crippen molar-refractivity contribution in [2.24, 2.45) is 0 Å². The molecule has 0 spiro atoms. The number of carboxylic acid groups (broad SMARTS) is 1. The smallest absolute Gasteiger partial charge is 0.307 e. The maximum Gasteiger partial charge on any atom is 0.307 e. The second-order valence-electron chi connectivity index (χ2n) is 4.70. The molecular formula is C14H18BrNO3. The van der Waals surface area contributed by atoms with Crippen LogP contribution in [-0.4, -0.2) is 48.8 Å². The Kier molecular flexibility index (Phi) is 5.36. The summed E-state index contributed by atoms with van der Waals surface area (Å²) >= 11 is 3.53. The van der Waals surface area contributed by atoms with Crippen molar-refractivity contribution in [3.05, 3.63) is 33.8 Å². The van der Waals surface area contributed by atoms with E-state index >= 15 is 0 Å². The average molecular weight is 328 g/mol. The Balaban J connectivity index is 1.91. The van der Waals surface area contributed by atoms with Gasteiger partial charge in [0.15, 0.2) is 0 Å². The third-order valence-electron chi connectivity index (χ3n) is 3.27. The zero-order chi connectivity index (χ0) is 13.7. The summed E-state index contributed by atoms with van der Waals surface area (Å²) in [7, 11) is 0. The molecule has 1 aromatic carbocycles. The van der Waals surface area contributed by atoms with Crippen molar-refractivity contribution >= 4 is 21.9 Å². The van der Waals surface area contributed by atoms with E-state index in [9.17, 15) is 4.79 Å². The molecule has 1 fully saturated rings. The number of morpholine rings is 1. The second-order valence-corrected chi connectivity index (χ2v) is 5.55. The molecule has 1 heterocycles. The quantitative estimate of drug-likeness (QED) is 0.898. The van der Waals surface area contributed by atoms with Crippen LogP contribution in [0, 0.1) is 0 Å². The van der Waals surface area contributed by atoms with Gasteiger partial charge in [-0.25, -0.2) is 0 Å². The molecule has 5 heteroatoms. The molecule has 0 aromatic heterocycles. The van der Waals surface area contributed by atoms with E-state index in [1.54, 1.807) is 0 Å². The summed E-state index contributed by atoms with van der Waals surface area (Å²) in [4.78, 5) is 13.1. The normalized spacial score (nSPS) is 16.5. The molecule has 0 amide bonds. The van der Waals surface area contributed by atoms with Crippen molar-refractivity contribution in [3.63, 3.8) is 0 Å². The number of benzene rings is 1. The fourth-order valence-electron chi connectivity index (χ4n) is 2.18. The van der Waals surface area contributed by atoms with Crippen LogP contribution < -0.4 is 0 Å². The molecule has 1 aromatic rings. The molecule has 1 aliphatic heterocycles. The number of ether oxygens (including phenoxy) is 1. The first kappa shape index (κ1) is 14.5. The van der Waals surface area contributed by atoms with Crippen LogP contribution in [0.5, 0.6) is 0 Å². The van der Waals surface area contributed by atoms with Crippen LogP contribution in [0.15, 0.2) is 22.7 Å². The third-order valence-corrected chi connectivity index (χ3v) is 4.01. The minimum Gasteiger partial charge on any atom is -0.481 e. The summed E-state index contributed by atoms with van der Waals surface area (Å²) in [5, 5.41) is 8.77. The van der Waals surface area contributed by atoms with Gasteiger partial charge in [0.1, 0.15) is 0 Å². The number of halogens is 1. The number of carbonyl (C=O) groups is 1. The van der Waals surface area contributed by atoms with E-state index in [0.717, 1.165) is 49.3 Å². The van der Waals surface area contributed by atoms with Gasteiger partial charge >= 0.3 is 5.97 Å². The van der Waals surface area contributed by atoms with Crippen LogP contribution in [-0.2, 0) is 22.4 Å². The van der Waals surface area contributed by atoms with Crippen molar-refractivity contribution in [3.8, 4) is 0 Å². The summed E-state index contributed by atoms with van der Waals surface area (Å²) in [5.41, 5.74) is 2.05. The highest BCUT2D eigenvalue weighted by molar-refractivity contribution is 9.10. The first-order valence-electron chi connectivity index (χ1n) is 6.44. The van der Waals surface area contributed by atoms with Crippen molar-refractivity contribution in [1.82, 2.24) is 4.90 Å². The summed E-state index contributed by atoms with van der Waals surface area (Å²) in [6, 6.07) is 5.82. The third kappa shape index (κ3) is 4.60. The number of aliphatic carboxylic acids is 1. The van der Waals surface area contributed by atoms with E-state index in [-0.39, 0.29) is 6.42 Å². The molecule has 0 aliphatic carbocycles. The van der Waals surface area contributed by atoms with Gasteiger partial charge in [0.05, 0.1) is 19.6 Å². The molecule has 1 N–H and O–H groups in total. The van der Waals surface area contributed by atoms with Crippen molar-refractivity contribution in [1.29, 1.82) is 0 Å². The van der Waals surface area contributed by atoms with Gasteiger partial charge in [-0.05, 0) is 23.6 Å². The monoisotopic (exact) mass is 327 g/mol. The van der Waals surface area contributed by atoms with Crippen LogP contribution in [0.2, 0.25) is 0 Å². The van der Waals surface area contributed by atoms with Crippen molar-refractivity contribution in [2.45, 2.75) is 12.8 Å². The van der Waals surface area contributed by atoms with E-state index in [2.05, 4.69) is 20.8 Å². The molecule has 19 heavy (non-hydrogen) atoms. The van der Waals surface area contributed by atoms with E-state index in [1.165, 1.54) is 5.56 Å². The maximum atomic E-state index is 10.7. The highest BCUT2D eigenvalue weighted by atomic mass is 79.9. The summed E-state index contributed by atoms with van der Waals surface area (Å²) < 4.78 is 6.32. The molecule has 1 saturated heterocycles. The first-order valence-corrected chi connectivity index (χ1v) is 7.23. The lowest BCUT2D eigenvalue weighted by molar-refractivity contribution is -0.136. The highest BCUT2D eigenvalue weighted by Crippen LogP contribution is 2.20. The van der Waals surface area contributed by atoms with Gasteiger partial charge in [0, 0.05) is 24.1 Å². The number of rotatable bonds is 5. The van der Waals surface area contributed by atoms with Gasteiger partial charge in [-0.1, -0.05) is 28.1 Å². The minimum absolute atomic E-state index is 0.0718. The lowest BCUT2D eigenvalue weighted by Gasteiger charge is -2.26. The summed E-state index contributed by atoms with van der Waals surface area (Å²) in [5.74, 6) is -0.798. The summed E-state index contributed by atoms with van der Waals surface area (Å²) in [6.07, 6.45) is 1.04. The molecule has 0 saturated carbocycles. The number of carboxylic acids is 1. The molecule has 1 aliphatic rings. The predicted molar refractivity (Wildman–Crippen MR) is 76.4 cm³/mol. The second kappa shape index (κ2) is 7.03. The zero-order valence-corrected chi connectivity index (χ0v) is 12.4. The zero-order valence-electron chi connectivity index (χ0n) is 10.8. The van der Waals surface area contributed by atoms with Gasteiger partial charge in [-0.3, -0.25) is 9.69 Å². The maximum absolute atomic E-state index is 10.7. The van der Waals surface area contributed by atoms with Gasteiger partial charge in [0.25, 0.3) is 0 Å². The Morgan fingerprint density at radius 3 is 2.74 bits per heavy atom. The highest BCUT2D eigenvalue weighted by Gasteiger charge is 2.11. The number of hydrogen-bond donors (Lipinski definition) is 1. The van der Waals surface area contributed by atoms with Crippen LogP contribution >= 0.6 is 15.9 Å². The Labute approximate surface area is 121 Å². The molecule has 0 radical (unpaired) electrons. The van der Waals surface area contributed by atoms with Crippen LogP contribution in [0.3, 0.4) is 0 Å². The standard InChI is InChI=1S/C14H18BrNO3/c15-13-9-11(10-14(17)18)1-2-12(13)3-4-16-5-7-19-8-6-16/h1-2,9H,3-8,10H2,(H,17,18). The first-order chi connectivity index (χ1) is 9.15. The Hall–Kier alpha value is -0.910. The Bertz CT molecular complexity index is 444. The topological polar surface area (TPSA) is 49.8 Å². The minimum atomic E-state index is -0.798. The lowest BCUT2D eigenvalue weighted by atomic mass is 10.1. The molecule has 0 atom stereocenters. The van der Waals surface area contributed by atoms with Gasteiger partial charge in [-0.15, -0.1) is 0 Å². The average Bonchev–Trinajstić information content (AvgIpc) is 2.38.